The van der Waals surface area contributed by atoms with Crippen LogP contribution in [0.15, 0.2) is 48.5 Å². The number of rotatable bonds is 7. The number of fused-ring (bicyclic) bond motifs is 1. The van der Waals surface area contributed by atoms with Crippen molar-refractivity contribution in [3.8, 4) is 0 Å². The molecule has 8 heteroatoms. The number of ether oxygens (including phenoxy) is 1. The summed E-state index contributed by atoms with van der Waals surface area (Å²) in [4.78, 5) is 52.7. The molecule has 0 atom stereocenters. The van der Waals surface area contributed by atoms with E-state index in [0.29, 0.717) is 6.54 Å². The Labute approximate surface area is 191 Å². The van der Waals surface area contributed by atoms with Crippen molar-refractivity contribution in [3.63, 3.8) is 0 Å². The van der Waals surface area contributed by atoms with Gasteiger partial charge in [0.1, 0.15) is 12.4 Å². The molecule has 0 aromatic heterocycles. The molecule has 2 aliphatic rings. The first kappa shape index (κ1) is 22.6. The molecule has 1 aliphatic carbocycles. The summed E-state index contributed by atoms with van der Waals surface area (Å²) >= 11 is 0. The first-order valence-electron chi connectivity index (χ1n) is 11.1. The van der Waals surface area contributed by atoms with E-state index in [9.17, 15) is 23.6 Å². The highest BCUT2D eigenvalue weighted by Crippen LogP contribution is 2.25. The highest BCUT2D eigenvalue weighted by molar-refractivity contribution is 6.22. The van der Waals surface area contributed by atoms with E-state index in [0.717, 1.165) is 42.6 Å². The Hall–Kier alpha value is -3.55. The topological polar surface area (TPSA) is 84.0 Å². The normalized spacial score (nSPS) is 16.0. The van der Waals surface area contributed by atoms with E-state index >= 15 is 0 Å². The second-order valence-electron chi connectivity index (χ2n) is 8.34. The minimum atomic E-state index is -0.830. The summed E-state index contributed by atoms with van der Waals surface area (Å²) < 4.78 is 18.4. The minimum Gasteiger partial charge on any atom is -0.454 e. The lowest BCUT2D eigenvalue weighted by molar-refractivity contribution is -0.153. The molecule has 0 N–H and O–H groups in total. The molecule has 3 amide bonds. The lowest BCUT2D eigenvalue weighted by Crippen LogP contribution is -2.43. The van der Waals surface area contributed by atoms with Gasteiger partial charge in [0.25, 0.3) is 17.7 Å². The van der Waals surface area contributed by atoms with Gasteiger partial charge >= 0.3 is 5.97 Å². The number of nitrogens with zero attached hydrogens (tertiary/aromatic N) is 2. The Morgan fingerprint density at radius 3 is 2.15 bits per heavy atom. The van der Waals surface area contributed by atoms with Gasteiger partial charge in [-0.15, -0.1) is 0 Å². The molecule has 2 aromatic rings. The minimum absolute atomic E-state index is 0.0197. The SMILES string of the molecule is O=C(CN1C(=O)c2ccccc2C1=O)OCC(=O)N(Cc1ccc(F)cc1)C1CCCCC1. The third-order valence-corrected chi connectivity index (χ3v) is 6.12. The number of esters is 1. The molecule has 172 valence electrons. The van der Waals surface area contributed by atoms with Gasteiger partial charge in [0.2, 0.25) is 0 Å². The van der Waals surface area contributed by atoms with Gasteiger partial charge in [-0.2, -0.15) is 0 Å². The smallest absolute Gasteiger partial charge is 0.326 e. The Morgan fingerprint density at radius 1 is 0.939 bits per heavy atom. The van der Waals surface area contributed by atoms with Crippen LogP contribution in [0.4, 0.5) is 4.39 Å². The fraction of sp³-hybridized carbons (Fsp3) is 0.360. The summed E-state index contributed by atoms with van der Waals surface area (Å²) in [5, 5.41) is 0. The van der Waals surface area contributed by atoms with E-state index in [1.807, 2.05) is 0 Å². The summed E-state index contributed by atoms with van der Waals surface area (Å²) in [5.74, 6) is -2.65. The van der Waals surface area contributed by atoms with Crippen LogP contribution in [0, 0.1) is 5.82 Å². The number of carbonyl (C=O) groups is 4. The second kappa shape index (κ2) is 9.94. The van der Waals surface area contributed by atoms with Crippen LogP contribution in [0.3, 0.4) is 0 Å². The maximum atomic E-state index is 13.3. The molecular weight excluding hydrogens is 427 g/mol. The largest absolute Gasteiger partial charge is 0.454 e. The molecule has 1 fully saturated rings. The zero-order valence-electron chi connectivity index (χ0n) is 18.2. The molecule has 1 heterocycles. The summed E-state index contributed by atoms with van der Waals surface area (Å²) in [7, 11) is 0. The molecule has 1 saturated carbocycles. The van der Waals surface area contributed by atoms with Crippen molar-refractivity contribution in [3.05, 3.63) is 71.0 Å². The summed E-state index contributed by atoms with van der Waals surface area (Å²) in [6, 6.07) is 12.3. The third-order valence-electron chi connectivity index (χ3n) is 6.12. The van der Waals surface area contributed by atoms with Crippen LogP contribution < -0.4 is 0 Å². The van der Waals surface area contributed by atoms with E-state index in [1.165, 1.54) is 24.3 Å². The van der Waals surface area contributed by atoms with E-state index < -0.39 is 30.9 Å². The van der Waals surface area contributed by atoms with Gasteiger partial charge in [-0.25, -0.2) is 4.39 Å². The molecule has 4 rings (SSSR count). The van der Waals surface area contributed by atoms with Crippen LogP contribution in [0.2, 0.25) is 0 Å². The maximum Gasteiger partial charge on any atom is 0.326 e. The van der Waals surface area contributed by atoms with Gasteiger partial charge in [-0.3, -0.25) is 24.1 Å². The summed E-state index contributed by atoms with van der Waals surface area (Å²) in [6.45, 7) is -0.750. The number of amides is 3. The van der Waals surface area contributed by atoms with Crippen LogP contribution >= 0.6 is 0 Å². The van der Waals surface area contributed by atoms with E-state index in [4.69, 9.17) is 4.74 Å². The molecule has 0 saturated heterocycles. The first-order chi connectivity index (χ1) is 15.9. The number of benzene rings is 2. The Kier molecular flexibility index (Phi) is 6.82. The van der Waals surface area contributed by atoms with Gasteiger partial charge in [0.15, 0.2) is 6.61 Å². The zero-order valence-corrected chi connectivity index (χ0v) is 18.2. The predicted molar refractivity (Wildman–Crippen MR) is 117 cm³/mol. The van der Waals surface area contributed by atoms with Gasteiger partial charge in [-0.05, 0) is 42.7 Å². The fourth-order valence-electron chi connectivity index (χ4n) is 4.38. The molecule has 0 unspecified atom stereocenters. The number of imide groups is 1. The molecule has 33 heavy (non-hydrogen) atoms. The Morgan fingerprint density at radius 2 is 1.55 bits per heavy atom. The average Bonchev–Trinajstić information content (AvgIpc) is 3.07. The average molecular weight is 452 g/mol. The van der Waals surface area contributed by atoms with Crippen molar-refractivity contribution in [2.75, 3.05) is 13.2 Å². The van der Waals surface area contributed by atoms with Crippen LogP contribution in [-0.2, 0) is 20.9 Å². The van der Waals surface area contributed by atoms with Crippen LogP contribution in [0.25, 0.3) is 0 Å². The van der Waals surface area contributed by atoms with Gasteiger partial charge in [0, 0.05) is 12.6 Å². The molecule has 0 radical (unpaired) electrons. The van der Waals surface area contributed by atoms with Crippen molar-refractivity contribution in [1.82, 2.24) is 9.80 Å². The summed E-state index contributed by atoms with van der Waals surface area (Å²) in [6.07, 6.45) is 4.85. The van der Waals surface area contributed by atoms with Gasteiger partial charge in [0.05, 0.1) is 11.1 Å². The van der Waals surface area contributed by atoms with E-state index in [2.05, 4.69) is 0 Å². The number of hydrogen-bond donors (Lipinski definition) is 0. The van der Waals surface area contributed by atoms with Crippen molar-refractivity contribution in [2.45, 2.75) is 44.7 Å². The standard InChI is InChI=1S/C25H25FN2O5/c26-18-12-10-17(11-13-18)14-27(19-6-2-1-3-7-19)22(29)16-33-23(30)15-28-24(31)20-8-4-5-9-21(20)25(28)32/h4-5,8-13,19H,1-3,6-7,14-16H2. The summed E-state index contributed by atoms with van der Waals surface area (Å²) in [5.41, 5.74) is 1.27. The molecular formula is C25H25FN2O5. The quantitative estimate of drug-likeness (QED) is 0.475. The van der Waals surface area contributed by atoms with Crippen LogP contribution in [0.1, 0.15) is 58.4 Å². The zero-order chi connectivity index (χ0) is 23.4. The third kappa shape index (κ3) is 5.10. The molecule has 7 nitrogen and oxygen atoms in total. The highest BCUT2D eigenvalue weighted by Gasteiger charge is 2.37. The lowest BCUT2D eigenvalue weighted by atomic mass is 9.93. The second-order valence-corrected chi connectivity index (χ2v) is 8.34. The Balaban J connectivity index is 1.37. The lowest BCUT2D eigenvalue weighted by Gasteiger charge is -2.34. The number of halogens is 1. The fourth-order valence-corrected chi connectivity index (χ4v) is 4.38. The Bertz CT molecular complexity index is 1030. The number of hydrogen-bond acceptors (Lipinski definition) is 5. The maximum absolute atomic E-state index is 13.3. The van der Waals surface area contributed by atoms with Gasteiger partial charge < -0.3 is 9.64 Å². The highest BCUT2D eigenvalue weighted by atomic mass is 19.1. The first-order valence-corrected chi connectivity index (χ1v) is 11.1. The van der Waals surface area contributed by atoms with Crippen molar-refractivity contribution in [2.24, 2.45) is 0 Å². The van der Waals surface area contributed by atoms with Crippen molar-refractivity contribution in [1.29, 1.82) is 0 Å². The monoisotopic (exact) mass is 452 g/mol. The van der Waals surface area contributed by atoms with Gasteiger partial charge in [-0.1, -0.05) is 43.5 Å². The van der Waals surface area contributed by atoms with Crippen molar-refractivity contribution >= 4 is 23.7 Å². The molecule has 2 aromatic carbocycles. The van der Waals surface area contributed by atoms with Crippen LogP contribution in [0.5, 0.6) is 0 Å². The predicted octanol–water partition coefficient (Wildman–Crippen LogP) is 3.33. The van der Waals surface area contributed by atoms with Crippen molar-refractivity contribution < 1.29 is 28.3 Å². The van der Waals surface area contributed by atoms with E-state index in [1.54, 1.807) is 29.2 Å². The van der Waals surface area contributed by atoms with E-state index in [-0.39, 0.29) is 28.9 Å². The molecule has 1 aliphatic heterocycles. The molecule has 0 bridgehead atoms. The number of carbonyl (C=O) groups excluding carboxylic acids is 4. The van der Waals surface area contributed by atoms with Crippen LogP contribution in [-0.4, -0.2) is 52.7 Å². The molecule has 0 spiro atoms.